The van der Waals surface area contributed by atoms with Crippen LogP contribution >= 0.6 is 24.0 Å². The Balaban J connectivity index is 0.00000784. The van der Waals surface area contributed by atoms with Crippen molar-refractivity contribution in [2.24, 2.45) is 4.99 Å². The van der Waals surface area contributed by atoms with E-state index in [2.05, 4.69) is 54.6 Å². The molecule has 0 aliphatic carbocycles. The fraction of sp³-hybridized carbons (Fsp3) is 0.650. The number of nitrogens with zero attached hydrogens (tertiary/aromatic N) is 2. The van der Waals surface area contributed by atoms with Crippen LogP contribution in [-0.4, -0.2) is 57.7 Å². The Bertz CT molecular complexity index is 741. The normalized spacial score (nSPS) is 13.0. The summed E-state index contributed by atoms with van der Waals surface area (Å²) in [6.07, 6.45) is 3.06. The summed E-state index contributed by atoms with van der Waals surface area (Å²) >= 11 is 0. The molecule has 0 aliphatic heterocycles. The van der Waals surface area contributed by atoms with E-state index in [0.29, 0.717) is 38.6 Å². The molecule has 1 aromatic carbocycles. The molecule has 0 heterocycles. The van der Waals surface area contributed by atoms with Gasteiger partial charge in [-0.1, -0.05) is 26.0 Å². The molecule has 0 saturated heterocycles. The molecule has 0 fully saturated rings. The molecule has 1 rings (SSSR count). The van der Waals surface area contributed by atoms with Gasteiger partial charge in [-0.15, -0.1) is 24.0 Å². The Hall–Kier alpha value is -1.07. The van der Waals surface area contributed by atoms with Gasteiger partial charge < -0.3 is 15.4 Å². The molecule has 0 amide bonds. The Labute approximate surface area is 193 Å². The van der Waals surface area contributed by atoms with Crippen molar-refractivity contribution >= 4 is 40.0 Å². The zero-order valence-corrected chi connectivity index (χ0v) is 21.6. The molecule has 2 N–H and O–H groups in total. The summed E-state index contributed by atoms with van der Waals surface area (Å²) in [6, 6.07) is 6.20. The summed E-state index contributed by atoms with van der Waals surface area (Å²) in [5, 5.41) is 6.53. The monoisotopic (exact) mass is 540 g/mol. The number of aliphatic imine (C=N–C) groups is 1. The Morgan fingerprint density at radius 3 is 2.52 bits per heavy atom. The predicted molar refractivity (Wildman–Crippen MR) is 132 cm³/mol. The molecule has 0 bridgehead atoms. The summed E-state index contributed by atoms with van der Waals surface area (Å²) in [7, 11) is -1.42. The van der Waals surface area contributed by atoms with E-state index < -0.39 is 10.0 Å². The van der Waals surface area contributed by atoms with Crippen molar-refractivity contribution < 1.29 is 13.2 Å². The first kappa shape index (κ1) is 27.9. The largest absolute Gasteiger partial charge is 0.490 e. The van der Waals surface area contributed by atoms with Gasteiger partial charge in [-0.05, 0) is 38.3 Å². The number of sulfonamides is 1. The second-order valence-corrected chi connectivity index (χ2v) is 8.89. The van der Waals surface area contributed by atoms with Crippen LogP contribution in [0.15, 0.2) is 23.2 Å². The minimum Gasteiger partial charge on any atom is -0.490 e. The van der Waals surface area contributed by atoms with E-state index in [-0.39, 0.29) is 30.1 Å². The van der Waals surface area contributed by atoms with Gasteiger partial charge in [0.15, 0.2) is 5.96 Å². The van der Waals surface area contributed by atoms with Crippen LogP contribution in [0.1, 0.15) is 44.7 Å². The molecular weight excluding hydrogens is 503 g/mol. The van der Waals surface area contributed by atoms with Gasteiger partial charge in [0.1, 0.15) is 5.75 Å². The lowest BCUT2D eigenvalue weighted by molar-refractivity contribution is 0.215. The van der Waals surface area contributed by atoms with Crippen molar-refractivity contribution in [2.75, 3.05) is 32.9 Å². The first-order valence-electron chi connectivity index (χ1n) is 9.87. The molecule has 1 unspecified atom stereocenters. The van der Waals surface area contributed by atoms with Crippen LogP contribution in [0.5, 0.6) is 5.75 Å². The number of hydrogen-bond donors (Lipinski definition) is 2. The zero-order chi connectivity index (χ0) is 21.2. The topological polar surface area (TPSA) is 83.0 Å². The fourth-order valence-corrected chi connectivity index (χ4v) is 3.57. The SMILES string of the molecule is CCC(C)Oc1cc(C)ccc1CNC(=NC)NCCCN(CC)S(C)(=O)=O.I. The molecule has 9 heteroatoms. The number of benzene rings is 1. The number of guanidine groups is 1. The van der Waals surface area contributed by atoms with Gasteiger partial charge >= 0.3 is 0 Å². The van der Waals surface area contributed by atoms with E-state index in [0.717, 1.165) is 23.3 Å². The minimum atomic E-state index is -3.14. The highest BCUT2D eigenvalue weighted by Gasteiger charge is 2.13. The maximum absolute atomic E-state index is 11.6. The van der Waals surface area contributed by atoms with Gasteiger partial charge in [-0.25, -0.2) is 12.7 Å². The first-order valence-corrected chi connectivity index (χ1v) is 11.7. The predicted octanol–water partition coefficient (Wildman–Crippen LogP) is 3.13. The maximum atomic E-state index is 11.6. The molecule has 0 spiro atoms. The van der Waals surface area contributed by atoms with Crippen LogP contribution in [0.3, 0.4) is 0 Å². The summed E-state index contributed by atoms with van der Waals surface area (Å²) < 4.78 is 30.8. The van der Waals surface area contributed by atoms with E-state index in [4.69, 9.17) is 4.74 Å². The molecule has 168 valence electrons. The summed E-state index contributed by atoms with van der Waals surface area (Å²) in [5.41, 5.74) is 2.24. The lowest BCUT2D eigenvalue weighted by atomic mass is 10.1. The number of nitrogens with one attached hydrogen (secondary N) is 2. The van der Waals surface area contributed by atoms with Gasteiger partial charge in [0.2, 0.25) is 10.0 Å². The number of aryl methyl sites for hydroxylation is 1. The summed E-state index contributed by atoms with van der Waals surface area (Å²) in [5.74, 6) is 1.57. The van der Waals surface area contributed by atoms with E-state index in [1.807, 2.05) is 6.92 Å². The van der Waals surface area contributed by atoms with E-state index in [1.165, 1.54) is 10.6 Å². The molecular formula is C20H37IN4O3S. The average molecular weight is 541 g/mol. The zero-order valence-electron chi connectivity index (χ0n) is 18.5. The summed E-state index contributed by atoms with van der Waals surface area (Å²) in [6.45, 7) is 10.3. The van der Waals surface area contributed by atoms with E-state index in [1.54, 1.807) is 7.05 Å². The van der Waals surface area contributed by atoms with Crippen molar-refractivity contribution in [3.8, 4) is 5.75 Å². The van der Waals surface area contributed by atoms with Crippen LogP contribution in [0.25, 0.3) is 0 Å². The van der Waals surface area contributed by atoms with Crippen LogP contribution in [0, 0.1) is 6.92 Å². The van der Waals surface area contributed by atoms with E-state index >= 15 is 0 Å². The molecule has 0 aromatic heterocycles. The van der Waals surface area contributed by atoms with Gasteiger partial charge in [-0.3, -0.25) is 4.99 Å². The molecule has 0 radical (unpaired) electrons. The Morgan fingerprint density at radius 2 is 1.97 bits per heavy atom. The highest BCUT2D eigenvalue weighted by Crippen LogP contribution is 2.22. The third-order valence-corrected chi connectivity index (χ3v) is 5.87. The van der Waals surface area contributed by atoms with Gasteiger partial charge in [0, 0.05) is 38.8 Å². The van der Waals surface area contributed by atoms with Gasteiger partial charge in [0.05, 0.1) is 12.4 Å². The molecule has 29 heavy (non-hydrogen) atoms. The quantitative estimate of drug-likeness (QED) is 0.195. The molecule has 1 atom stereocenters. The first-order chi connectivity index (χ1) is 13.2. The minimum absolute atomic E-state index is 0. The second kappa shape index (κ2) is 14.0. The lowest BCUT2D eigenvalue weighted by Gasteiger charge is -2.19. The van der Waals surface area contributed by atoms with Crippen LogP contribution in [-0.2, 0) is 16.6 Å². The molecule has 0 saturated carbocycles. The highest BCUT2D eigenvalue weighted by atomic mass is 127. The number of ether oxygens (including phenoxy) is 1. The third-order valence-electron chi connectivity index (χ3n) is 4.49. The number of halogens is 1. The highest BCUT2D eigenvalue weighted by molar-refractivity contribution is 14.0. The standard InChI is InChI=1S/C20H36N4O3S.HI/c1-7-17(4)27-19-14-16(3)10-11-18(19)15-23-20(21-5)22-12-9-13-24(8-2)28(6,25)26;/h10-11,14,17H,7-9,12-13,15H2,1-6H3,(H2,21,22,23);1H. The molecule has 1 aromatic rings. The molecule has 0 aliphatic rings. The summed E-state index contributed by atoms with van der Waals surface area (Å²) in [4.78, 5) is 4.23. The number of hydrogen-bond acceptors (Lipinski definition) is 4. The van der Waals surface area contributed by atoms with Crippen molar-refractivity contribution in [1.82, 2.24) is 14.9 Å². The third kappa shape index (κ3) is 10.5. The average Bonchev–Trinajstić information content (AvgIpc) is 2.64. The van der Waals surface area contributed by atoms with Crippen LogP contribution in [0.2, 0.25) is 0 Å². The van der Waals surface area contributed by atoms with Crippen LogP contribution in [0.4, 0.5) is 0 Å². The van der Waals surface area contributed by atoms with Crippen LogP contribution < -0.4 is 15.4 Å². The van der Waals surface area contributed by atoms with Crippen molar-refractivity contribution in [1.29, 1.82) is 0 Å². The maximum Gasteiger partial charge on any atom is 0.211 e. The molecule has 7 nitrogen and oxygen atoms in total. The smallest absolute Gasteiger partial charge is 0.211 e. The second-order valence-electron chi connectivity index (χ2n) is 6.91. The van der Waals surface area contributed by atoms with Crippen molar-refractivity contribution in [3.05, 3.63) is 29.3 Å². The lowest BCUT2D eigenvalue weighted by Crippen LogP contribution is -2.39. The fourth-order valence-electron chi connectivity index (χ4n) is 2.64. The van der Waals surface area contributed by atoms with Gasteiger partial charge in [0.25, 0.3) is 0 Å². The Kier molecular flexibility index (Phi) is 13.5. The van der Waals surface area contributed by atoms with Gasteiger partial charge in [-0.2, -0.15) is 0 Å². The van der Waals surface area contributed by atoms with Crippen molar-refractivity contribution in [2.45, 2.75) is 53.2 Å². The van der Waals surface area contributed by atoms with Crippen molar-refractivity contribution in [3.63, 3.8) is 0 Å². The Morgan fingerprint density at radius 1 is 1.28 bits per heavy atom. The number of rotatable bonds is 11. The van der Waals surface area contributed by atoms with E-state index in [9.17, 15) is 8.42 Å².